The molecule has 2 aliphatic heterocycles. The van der Waals surface area contributed by atoms with Crippen molar-refractivity contribution in [1.82, 2.24) is 20.5 Å². The molecule has 1 amide bonds. The maximum atomic E-state index is 13.4. The number of benzene rings is 3. The first-order valence-corrected chi connectivity index (χ1v) is 19.8. The highest BCUT2D eigenvalue weighted by molar-refractivity contribution is 6.32. The van der Waals surface area contributed by atoms with Gasteiger partial charge in [-0.1, -0.05) is 41.9 Å². The Hall–Kier alpha value is -4.69. The molecular formula is C44H47ClFN5O4. The average molecular weight is 764 g/mol. The molecule has 0 radical (unpaired) electrons. The molecule has 0 bridgehead atoms. The Morgan fingerprint density at radius 2 is 1.87 bits per heavy atom. The molecule has 9 nitrogen and oxygen atoms in total. The summed E-state index contributed by atoms with van der Waals surface area (Å²) in [7, 11) is 0. The van der Waals surface area contributed by atoms with Gasteiger partial charge in [-0.25, -0.2) is 4.39 Å². The molecule has 2 atom stereocenters. The predicted molar refractivity (Wildman–Crippen MR) is 209 cm³/mol. The van der Waals surface area contributed by atoms with Crippen molar-refractivity contribution < 1.29 is 23.4 Å². The van der Waals surface area contributed by atoms with Crippen molar-refractivity contribution in [2.45, 2.75) is 83.3 Å². The minimum atomic E-state index is -0.590. The fourth-order valence-electron chi connectivity index (χ4n) is 8.81. The van der Waals surface area contributed by atoms with Crippen LogP contribution in [0, 0.1) is 23.7 Å². The first-order chi connectivity index (χ1) is 26.8. The number of nitriles is 1. The highest BCUT2D eigenvalue weighted by Gasteiger charge is 2.52. The number of rotatable bonds is 15. The van der Waals surface area contributed by atoms with Crippen LogP contribution >= 0.6 is 11.6 Å². The van der Waals surface area contributed by atoms with Gasteiger partial charge in [0, 0.05) is 80.2 Å². The molecule has 55 heavy (non-hydrogen) atoms. The maximum Gasteiger partial charge on any atom is 0.220 e. The molecule has 1 saturated carbocycles. The molecule has 4 aliphatic rings. The third-order valence-corrected chi connectivity index (χ3v) is 11.9. The normalized spacial score (nSPS) is 20.0. The lowest BCUT2D eigenvalue weighted by Gasteiger charge is -2.57. The van der Waals surface area contributed by atoms with Gasteiger partial charge in [0.1, 0.15) is 42.2 Å². The van der Waals surface area contributed by atoms with E-state index < -0.39 is 6.17 Å². The molecule has 1 unspecified atom stereocenters. The largest absolute Gasteiger partial charge is 0.493 e. The number of hydrogen-bond acceptors (Lipinski definition) is 8. The summed E-state index contributed by atoms with van der Waals surface area (Å²) in [6.07, 6.45) is 7.87. The van der Waals surface area contributed by atoms with Crippen LogP contribution in [0.1, 0.15) is 78.0 Å². The van der Waals surface area contributed by atoms with Crippen LogP contribution in [0.4, 0.5) is 4.39 Å². The number of carbonyl (C=O) groups is 1. The minimum Gasteiger partial charge on any atom is -0.493 e. The quantitative estimate of drug-likeness (QED) is 0.118. The van der Waals surface area contributed by atoms with Crippen molar-refractivity contribution in [3.05, 3.63) is 105 Å². The number of nitrogens with zero attached hydrogens (tertiary/aromatic N) is 3. The fourth-order valence-corrected chi connectivity index (χ4v) is 9.05. The number of hydrogen-bond donors (Lipinski definition) is 2. The molecular weight excluding hydrogens is 717 g/mol. The van der Waals surface area contributed by atoms with Crippen molar-refractivity contribution in [3.63, 3.8) is 0 Å². The van der Waals surface area contributed by atoms with Crippen LogP contribution in [0.2, 0.25) is 5.02 Å². The number of nitrogens with one attached hydrogen (secondary N) is 2. The summed E-state index contributed by atoms with van der Waals surface area (Å²) < 4.78 is 32.7. The van der Waals surface area contributed by atoms with Gasteiger partial charge in [-0.05, 0) is 91.5 Å². The Morgan fingerprint density at radius 3 is 2.67 bits per heavy atom. The molecule has 2 N–H and O–H groups in total. The minimum absolute atomic E-state index is 0.0814. The number of aromatic nitrogens is 1. The first-order valence-electron chi connectivity index (χ1n) is 19.4. The first kappa shape index (κ1) is 37.2. The molecule has 3 fully saturated rings. The summed E-state index contributed by atoms with van der Waals surface area (Å²) >= 11 is 6.92. The predicted octanol–water partition coefficient (Wildman–Crippen LogP) is 7.80. The highest BCUT2D eigenvalue weighted by atomic mass is 35.5. The summed E-state index contributed by atoms with van der Waals surface area (Å²) in [6.45, 7) is 7.14. The molecule has 2 aliphatic carbocycles. The lowest BCUT2D eigenvalue weighted by molar-refractivity contribution is -0.119. The van der Waals surface area contributed by atoms with E-state index in [-0.39, 0.29) is 30.1 Å². The SMILES string of the molecule is Cc1c(OCCCN2CC3(CC(F)C3)C2)cccc1-c1cccc2c1CC[C@@H]2Oc1cc(OCc2cncc(C#N)c2)c(CNCC2CCC(=O)N2)cc1Cl. The Kier molecular flexibility index (Phi) is 11.0. The Bertz CT molecular complexity index is 2090. The third kappa shape index (κ3) is 8.30. The van der Waals surface area contributed by atoms with Crippen LogP contribution in [0.5, 0.6) is 17.2 Å². The number of ether oxygens (including phenoxy) is 3. The second kappa shape index (κ2) is 16.2. The lowest BCUT2D eigenvalue weighted by atomic mass is 9.62. The molecule has 11 heteroatoms. The van der Waals surface area contributed by atoms with Crippen LogP contribution in [-0.4, -0.2) is 60.8 Å². The summed E-state index contributed by atoms with van der Waals surface area (Å²) in [5, 5.41) is 16.3. The van der Waals surface area contributed by atoms with Gasteiger partial charge in [-0.3, -0.25) is 9.78 Å². The van der Waals surface area contributed by atoms with Gasteiger partial charge in [0.25, 0.3) is 0 Å². The fraction of sp³-hybridized carbons (Fsp3) is 0.432. The Labute approximate surface area is 327 Å². The lowest BCUT2D eigenvalue weighted by Crippen LogP contribution is -2.62. The van der Waals surface area contributed by atoms with E-state index in [1.54, 1.807) is 12.3 Å². The Morgan fingerprint density at radius 1 is 1.04 bits per heavy atom. The van der Waals surface area contributed by atoms with Crippen molar-refractivity contribution in [2.24, 2.45) is 5.41 Å². The van der Waals surface area contributed by atoms with Crippen LogP contribution in [0.25, 0.3) is 11.1 Å². The van der Waals surface area contributed by atoms with E-state index in [0.717, 1.165) is 91.7 Å². The van der Waals surface area contributed by atoms with Gasteiger partial charge in [-0.2, -0.15) is 5.26 Å². The second-order valence-electron chi connectivity index (χ2n) is 15.7. The van der Waals surface area contributed by atoms with Gasteiger partial charge < -0.3 is 29.7 Å². The van der Waals surface area contributed by atoms with Crippen LogP contribution in [0.15, 0.2) is 67.0 Å². The van der Waals surface area contributed by atoms with E-state index in [9.17, 15) is 14.4 Å². The summed E-state index contributed by atoms with van der Waals surface area (Å²) in [5.41, 5.74) is 8.23. The van der Waals surface area contributed by atoms with Gasteiger partial charge >= 0.3 is 0 Å². The van der Waals surface area contributed by atoms with Crippen molar-refractivity contribution in [3.8, 4) is 34.4 Å². The zero-order valence-corrected chi connectivity index (χ0v) is 32.0. The number of fused-ring (bicyclic) bond motifs is 1. The molecule has 286 valence electrons. The van der Waals surface area contributed by atoms with E-state index in [0.29, 0.717) is 48.2 Å². The summed E-state index contributed by atoms with van der Waals surface area (Å²) in [6, 6.07) is 20.4. The van der Waals surface area contributed by atoms with E-state index in [1.807, 2.05) is 18.2 Å². The molecule has 3 aromatic carbocycles. The zero-order valence-electron chi connectivity index (χ0n) is 31.2. The number of pyridine rings is 1. The molecule has 2 saturated heterocycles. The van der Waals surface area contributed by atoms with E-state index in [4.69, 9.17) is 25.8 Å². The third-order valence-electron chi connectivity index (χ3n) is 11.6. The molecule has 1 aromatic heterocycles. The van der Waals surface area contributed by atoms with Crippen LogP contribution in [-0.2, 0) is 24.4 Å². The van der Waals surface area contributed by atoms with Crippen molar-refractivity contribution in [1.29, 1.82) is 5.26 Å². The van der Waals surface area contributed by atoms with Gasteiger partial charge in [-0.15, -0.1) is 0 Å². The van der Waals surface area contributed by atoms with Gasteiger partial charge in [0.2, 0.25) is 5.91 Å². The van der Waals surface area contributed by atoms with E-state index in [1.165, 1.54) is 17.3 Å². The monoisotopic (exact) mass is 763 g/mol. The molecule has 4 aromatic rings. The Balaban J connectivity index is 0.948. The van der Waals surface area contributed by atoms with Crippen LogP contribution < -0.4 is 24.8 Å². The zero-order chi connectivity index (χ0) is 37.9. The maximum absolute atomic E-state index is 13.4. The molecule has 8 rings (SSSR count). The standard InChI is InChI=1S/C44H47ClFN5O4/c1-28-34(5-3-8-39(28)53-14-4-13-51-26-44(27-51)18-32(46)19-44)35-6-2-7-37-36(35)10-11-40(37)55-42-17-41(54-25-30-15-29(20-47)21-48-22-30)31(16-38(42)45)23-49-24-33-9-12-43(52)50-33/h2-3,5-8,15-17,21-22,32-33,40,49H,4,9-14,18-19,23-27H2,1H3,(H,50,52)/t33?,40-/m0/s1. The second-order valence-corrected chi connectivity index (χ2v) is 16.1. The average Bonchev–Trinajstić information content (AvgIpc) is 3.78. The van der Waals surface area contributed by atoms with Crippen molar-refractivity contribution >= 4 is 17.5 Å². The molecule has 3 heterocycles. The van der Waals surface area contributed by atoms with Crippen LogP contribution in [0.3, 0.4) is 0 Å². The molecule has 1 spiro atoms. The topological polar surface area (TPSA) is 109 Å². The number of likely N-dealkylation sites (tertiary alicyclic amines) is 1. The number of carbonyl (C=O) groups excluding carboxylic acids is 1. The van der Waals surface area contributed by atoms with Gasteiger partial charge in [0.15, 0.2) is 0 Å². The van der Waals surface area contributed by atoms with Gasteiger partial charge in [0.05, 0.1) is 17.2 Å². The number of alkyl halides is 1. The summed E-state index contributed by atoms with van der Waals surface area (Å²) in [4.78, 5) is 18.3. The van der Waals surface area contributed by atoms with E-state index in [2.05, 4.69) is 63.8 Å². The number of halogens is 2. The summed E-state index contributed by atoms with van der Waals surface area (Å²) in [5.74, 6) is 2.14. The smallest absolute Gasteiger partial charge is 0.220 e. The van der Waals surface area contributed by atoms with E-state index >= 15 is 0 Å². The highest BCUT2D eigenvalue weighted by Crippen LogP contribution is 2.49. The number of amides is 1. The van der Waals surface area contributed by atoms with Crippen molar-refractivity contribution in [2.75, 3.05) is 32.8 Å².